The number of nitrogens with one attached hydrogen (secondary N) is 2. The highest BCUT2D eigenvalue weighted by Gasteiger charge is 2.13. The Hall–Kier alpha value is -2.80. The molecule has 1 aromatic heterocycles. The Bertz CT molecular complexity index is 946. The van der Waals surface area contributed by atoms with E-state index in [1.165, 1.54) is 12.1 Å². The van der Waals surface area contributed by atoms with Gasteiger partial charge in [-0.1, -0.05) is 24.3 Å². The van der Waals surface area contributed by atoms with Crippen LogP contribution in [0.2, 0.25) is 0 Å². The van der Waals surface area contributed by atoms with Crippen LogP contribution in [-0.4, -0.2) is 16.8 Å². The molecule has 0 aliphatic heterocycles. The van der Waals surface area contributed by atoms with Crippen LogP contribution < -0.4 is 10.9 Å². The van der Waals surface area contributed by atoms with Gasteiger partial charge in [0.05, 0.1) is 11.1 Å². The van der Waals surface area contributed by atoms with Crippen molar-refractivity contribution in [1.82, 2.24) is 15.8 Å². The van der Waals surface area contributed by atoms with Crippen LogP contribution in [0.1, 0.15) is 20.8 Å². The van der Waals surface area contributed by atoms with Crippen LogP contribution in [0, 0.1) is 5.82 Å². The quantitative estimate of drug-likeness (QED) is 0.663. The molecule has 0 saturated heterocycles. The lowest BCUT2D eigenvalue weighted by molar-refractivity contribution is 0.0843. The molecule has 0 saturated carbocycles. The maximum atomic E-state index is 13.2. The first kappa shape index (κ1) is 16.1. The number of nitrogens with zero attached hydrogens (tertiary/aromatic N) is 1. The molecule has 0 spiro atoms. The maximum Gasteiger partial charge on any atom is 0.288 e. The third kappa shape index (κ3) is 3.41. The van der Waals surface area contributed by atoms with Crippen molar-refractivity contribution in [2.75, 3.05) is 0 Å². The van der Waals surface area contributed by atoms with Crippen LogP contribution in [0.4, 0.5) is 4.39 Å². The maximum absolute atomic E-state index is 13.2. The molecule has 0 fully saturated rings. The van der Waals surface area contributed by atoms with Gasteiger partial charge in [-0.05, 0) is 46.3 Å². The van der Waals surface area contributed by atoms with Crippen molar-refractivity contribution in [1.29, 1.82) is 0 Å². The number of halogens is 2. The van der Waals surface area contributed by atoms with Crippen molar-refractivity contribution >= 4 is 38.6 Å². The molecule has 120 valence electrons. The van der Waals surface area contributed by atoms with Gasteiger partial charge in [0.15, 0.2) is 0 Å². The zero-order valence-corrected chi connectivity index (χ0v) is 13.8. The van der Waals surface area contributed by atoms with E-state index in [0.717, 1.165) is 11.5 Å². The molecule has 2 N–H and O–H groups in total. The van der Waals surface area contributed by atoms with Gasteiger partial charge in [-0.25, -0.2) is 9.37 Å². The number of fused-ring (bicyclic) bond motifs is 1. The minimum Gasteiger partial charge on any atom is -0.267 e. The summed E-state index contributed by atoms with van der Waals surface area (Å²) in [6, 6.07) is 14.4. The van der Waals surface area contributed by atoms with E-state index in [2.05, 4.69) is 31.8 Å². The molecular formula is C17H11BrFN3O2. The second kappa shape index (κ2) is 6.76. The number of rotatable bonds is 2. The minimum atomic E-state index is -0.643. The highest BCUT2D eigenvalue weighted by atomic mass is 79.9. The minimum absolute atomic E-state index is 0.0711. The Morgan fingerprint density at radius 2 is 1.71 bits per heavy atom. The molecule has 0 aliphatic rings. The highest BCUT2D eigenvalue weighted by Crippen LogP contribution is 2.17. The molecule has 1 heterocycles. The van der Waals surface area contributed by atoms with E-state index in [0.29, 0.717) is 9.99 Å². The summed E-state index contributed by atoms with van der Waals surface area (Å²) in [4.78, 5) is 28.3. The topological polar surface area (TPSA) is 71.1 Å². The van der Waals surface area contributed by atoms with Crippen LogP contribution in [0.5, 0.6) is 0 Å². The molecule has 7 heteroatoms. The molecule has 0 unspecified atom stereocenters. The van der Waals surface area contributed by atoms with E-state index in [1.807, 2.05) is 18.2 Å². The average molecular weight is 388 g/mol. The van der Waals surface area contributed by atoms with E-state index >= 15 is 0 Å². The Morgan fingerprint density at radius 3 is 2.54 bits per heavy atom. The second-order valence-corrected chi connectivity index (χ2v) is 5.78. The van der Waals surface area contributed by atoms with Gasteiger partial charge in [0.1, 0.15) is 11.5 Å². The number of aromatic nitrogens is 1. The third-order valence-corrected chi connectivity index (χ3v) is 3.99. The van der Waals surface area contributed by atoms with Crippen molar-refractivity contribution in [3.05, 3.63) is 76.1 Å². The van der Waals surface area contributed by atoms with Gasteiger partial charge in [-0.2, -0.15) is 0 Å². The number of para-hydroxylation sites is 1. The summed E-state index contributed by atoms with van der Waals surface area (Å²) in [5.74, 6) is -1.76. The molecule has 24 heavy (non-hydrogen) atoms. The lowest BCUT2D eigenvalue weighted by Crippen LogP contribution is -2.42. The molecule has 5 nitrogen and oxygen atoms in total. The van der Waals surface area contributed by atoms with Crippen molar-refractivity contribution in [2.24, 2.45) is 0 Å². The van der Waals surface area contributed by atoms with Gasteiger partial charge in [0.2, 0.25) is 0 Å². The predicted octanol–water partition coefficient (Wildman–Crippen LogP) is 3.21. The molecule has 3 rings (SSSR count). The fraction of sp³-hybridized carbons (Fsp3) is 0. The first-order chi connectivity index (χ1) is 11.5. The Kier molecular flexibility index (Phi) is 4.52. The standard InChI is InChI=1S/C17H11BrFN3O2/c18-13-7-6-11(19)9-12(13)16(23)21-22-17(24)15-8-5-10-3-1-2-4-14(10)20-15/h1-9H,(H,21,23)(H,22,24). The molecular weight excluding hydrogens is 377 g/mol. The number of hydrazine groups is 1. The van der Waals surface area contributed by atoms with Gasteiger partial charge < -0.3 is 0 Å². The monoisotopic (exact) mass is 387 g/mol. The largest absolute Gasteiger partial charge is 0.288 e. The smallest absolute Gasteiger partial charge is 0.267 e. The van der Waals surface area contributed by atoms with Crippen LogP contribution in [0.25, 0.3) is 10.9 Å². The SMILES string of the molecule is O=C(NNC(=O)c1cc(F)ccc1Br)c1ccc2ccccc2n1. The highest BCUT2D eigenvalue weighted by molar-refractivity contribution is 9.10. The predicted molar refractivity (Wildman–Crippen MR) is 90.8 cm³/mol. The number of carbonyl (C=O) groups excluding carboxylic acids is 2. The van der Waals surface area contributed by atoms with Crippen LogP contribution in [0.15, 0.2) is 59.1 Å². The normalized spacial score (nSPS) is 10.4. The number of carbonyl (C=O) groups is 2. The Balaban J connectivity index is 1.72. The van der Waals surface area contributed by atoms with E-state index in [4.69, 9.17) is 0 Å². The number of amides is 2. The number of hydrogen-bond acceptors (Lipinski definition) is 3. The number of pyridine rings is 1. The average Bonchev–Trinajstić information content (AvgIpc) is 2.61. The van der Waals surface area contributed by atoms with Crippen molar-refractivity contribution in [3.63, 3.8) is 0 Å². The fourth-order valence-electron chi connectivity index (χ4n) is 2.11. The molecule has 0 atom stereocenters. The summed E-state index contributed by atoms with van der Waals surface area (Å²) in [7, 11) is 0. The molecule has 0 bridgehead atoms. The van der Waals surface area contributed by atoms with Crippen LogP contribution in [-0.2, 0) is 0 Å². The lowest BCUT2D eigenvalue weighted by atomic mass is 10.2. The molecule has 0 aliphatic carbocycles. The van der Waals surface area contributed by atoms with Crippen LogP contribution >= 0.6 is 15.9 Å². The van der Waals surface area contributed by atoms with E-state index < -0.39 is 17.6 Å². The second-order valence-electron chi connectivity index (χ2n) is 4.92. The summed E-state index contributed by atoms with van der Waals surface area (Å²) in [5.41, 5.74) is 5.40. The van der Waals surface area contributed by atoms with Crippen molar-refractivity contribution in [2.45, 2.75) is 0 Å². The third-order valence-electron chi connectivity index (χ3n) is 3.29. The summed E-state index contributed by atoms with van der Waals surface area (Å²) in [6.45, 7) is 0. The summed E-state index contributed by atoms with van der Waals surface area (Å²) >= 11 is 3.16. The zero-order valence-electron chi connectivity index (χ0n) is 12.2. The number of benzene rings is 2. The first-order valence-electron chi connectivity index (χ1n) is 6.96. The molecule has 2 aromatic carbocycles. The Labute approximate surface area is 145 Å². The van der Waals surface area contributed by atoms with E-state index in [1.54, 1.807) is 18.2 Å². The van der Waals surface area contributed by atoms with Gasteiger partial charge in [-0.15, -0.1) is 0 Å². The van der Waals surface area contributed by atoms with Crippen molar-refractivity contribution < 1.29 is 14.0 Å². The number of hydrogen-bond donors (Lipinski definition) is 2. The molecule has 0 radical (unpaired) electrons. The first-order valence-corrected chi connectivity index (χ1v) is 7.75. The zero-order chi connectivity index (χ0) is 17.1. The molecule has 3 aromatic rings. The Morgan fingerprint density at radius 1 is 0.958 bits per heavy atom. The lowest BCUT2D eigenvalue weighted by Gasteiger charge is -2.09. The van der Waals surface area contributed by atoms with Gasteiger partial charge >= 0.3 is 0 Å². The van der Waals surface area contributed by atoms with E-state index in [-0.39, 0.29) is 11.3 Å². The van der Waals surface area contributed by atoms with Gasteiger partial charge in [-0.3, -0.25) is 20.4 Å². The molecule has 2 amide bonds. The van der Waals surface area contributed by atoms with Gasteiger partial charge in [0, 0.05) is 9.86 Å². The van der Waals surface area contributed by atoms with Gasteiger partial charge in [0.25, 0.3) is 11.8 Å². The van der Waals surface area contributed by atoms with Crippen LogP contribution in [0.3, 0.4) is 0 Å². The summed E-state index contributed by atoms with van der Waals surface area (Å²) in [5, 5.41) is 0.904. The van der Waals surface area contributed by atoms with Crippen molar-refractivity contribution in [3.8, 4) is 0 Å². The summed E-state index contributed by atoms with van der Waals surface area (Å²) < 4.78 is 13.6. The van der Waals surface area contributed by atoms with E-state index in [9.17, 15) is 14.0 Å². The summed E-state index contributed by atoms with van der Waals surface area (Å²) in [6.07, 6.45) is 0. The fourth-order valence-corrected chi connectivity index (χ4v) is 2.54.